The van der Waals surface area contributed by atoms with E-state index in [4.69, 9.17) is 4.74 Å². The molecule has 0 fully saturated rings. The number of aromatic hydroxyl groups is 2. The van der Waals surface area contributed by atoms with Gasteiger partial charge in [-0.1, -0.05) is 0 Å². The van der Waals surface area contributed by atoms with Crippen LogP contribution in [0.1, 0.15) is 15.9 Å². The molecule has 3 N–H and O–H groups in total. The van der Waals surface area contributed by atoms with E-state index >= 15 is 0 Å². The maximum absolute atomic E-state index is 12.0. The molecular weight excluding hydrogens is 399 g/mol. The van der Waals surface area contributed by atoms with Gasteiger partial charge in [-0.15, -0.1) is 0 Å². The summed E-state index contributed by atoms with van der Waals surface area (Å²) < 4.78 is 5.94. The third kappa shape index (κ3) is 3.88. The first kappa shape index (κ1) is 16.1. The lowest BCUT2D eigenvalue weighted by atomic mass is 10.2. The second kappa shape index (κ2) is 7.12. The predicted molar refractivity (Wildman–Crippen MR) is 90.5 cm³/mol. The summed E-state index contributed by atoms with van der Waals surface area (Å²) in [7, 11) is 1.56. The molecule has 0 saturated heterocycles. The van der Waals surface area contributed by atoms with Gasteiger partial charge in [0.15, 0.2) is 0 Å². The Morgan fingerprint density at radius 3 is 2.68 bits per heavy atom. The molecule has 1 amide bonds. The molecule has 0 aromatic heterocycles. The Bertz CT molecular complexity index is 731. The second-order valence-electron chi connectivity index (χ2n) is 4.29. The van der Waals surface area contributed by atoms with Gasteiger partial charge in [0.25, 0.3) is 5.91 Å². The molecular formula is C15H13IN2O4. The highest BCUT2D eigenvalue weighted by molar-refractivity contribution is 14.1. The number of hydrogen-bond acceptors (Lipinski definition) is 5. The number of nitrogens with zero attached hydrogens (tertiary/aromatic N) is 1. The lowest BCUT2D eigenvalue weighted by molar-refractivity contribution is 0.0955. The van der Waals surface area contributed by atoms with E-state index in [-0.39, 0.29) is 17.4 Å². The van der Waals surface area contributed by atoms with E-state index in [0.29, 0.717) is 16.9 Å². The summed E-state index contributed by atoms with van der Waals surface area (Å²) in [5.74, 6) is 0.133. The van der Waals surface area contributed by atoms with Crippen molar-refractivity contribution >= 4 is 34.7 Å². The Labute approximate surface area is 140 Å². The number of hydrazone groups is 1. The summed E-state index contributed by atoms with van der Waals surface area (Å²) in [5, 5.41) is 22.6. The molecule has 0 saturated carbocycles. The molecule has 0 radical (unpaired) electrons. The molecule has 0 heterocycles. The molecule has 0 unspecified atom stereocenters. The van der Waals surface area contributed by atoms with Crippen LogP contribution in [0, 0.1) is 3.57 Å². The van der Waals surface area contributed by atoms with E-state index < -0.39 is 0 Å². The van der Waals surface area contributed by atoms with E-state index in [0.717, 1.165) is 3.57 Å². The molecule has 22 heavy (non-hydrogen) atoms. The number of benzene rings is 2. The van der Waals surface area contributed by atoms with Crippen LogP contribution in [0.3, 0.4) is 0 Å². The molecule has 0 aliphatic rings. The van der Waals surface area contributed by atoms with E-state index in [1.807, 2.05) is 0 Å². The van der Waals surface area contributed by atoms with Crippen LogP contribution < -0.4 is 10.2 Å². The first-order chi connectivity index (χ1) is 10.5. The molecule has 2 rings (SSSR count). The molecule has 0 aliphatic heterocycles. The van der Waals surface area contributed by atoms with Crippen LogP contribution in [0.5, 0.6) is 17.2 Å². The standard InChI is InChI=1S/C15H13IN2O4/c1-22-14-5-3-9(6-12(14)16)15(21)18-17-8-10-2-4-11(19)7-13(10)20/h2-8,19-20H,1H3,(H,18,21). The van der Waals surface area contributed by atoms with Gasteiger partial charge in [-0.2, -0.15) is 5.10 Å². The maximum Gasteiger partial charge on any atom is 0.271 e. The largest absolute Gasteiger partial charge is 0.508 e. The van der Waals surface area contributed by atoms with E-state index in [1.54, 1.807) is 25.3 Å². The topological polar surface area (TPSA) is 91.2 Å². The molecule has 2 aromatic carbocycles. The zero-order valence-corrected chi connectivity index (χ0v) is 13.7. The molecule has 0 atom stereocenters. The first-order valence-electron chi connectivity index (χ1n) is 6.20. The number of phenolic OH excluding ortho intramolecular Hbond substituents is 2. The predicted octanol–water partition coefficient (Wildman–Crippen LogP) is 2.47. The fraction of sp³-hybridized carbons (Fsp3) is 0.0667. The van der Waals surface area contributed by atoms with Gasteiger partial charge in [0, 0.05) is 17.2 Å². The van der Waals surface area contributed by atoms with Crippen LogP contribution in [0.15, 0.2) is 41.5 Å². The fourth-order valence-corrected chi connectivity index (χ4v) is 2.41. The third-order valence-electron chi connectivity index (χ3n) is 2.80. The SMILES string of the molecule is COc1ccc(C(=O)NN=Cc2ccc(O)cc2O)cc1I. The van der Waals surface area contributed by atoms with Gasteiger partial charge in [-0.05, 0) is 52.9 Å². The highest BCUT2D eigenvalue weighted by atomic mass is 127. The van der Waals surface area contributed by atoms with Gasteiger partial charge >= 0.3 is 0 Å². The molecule has 0 bridgehead atoms. The van der Waals surface area contributed by atoms with Gasteiger partial charge in [-0.25, -0.2) is 5.43 Å². The summed E-state index contributed by atoms with van der Waals surface area (Å²) in [6.45, 7) is 0. The molecule has 0 spiro atoms. The van der Waals surface area contributed by atoms with Crippen LogP contribution in [0.25, 0.3) is 0 Å². The Morgan fingerprint density at radius 1 is 1.27 bits per heavy atom. The average Bonchev–Trinajstić information content (AvgIpc) is 2.49. The van der Waals surface area contributed by atoms with Crippen molar-refractivity contribution < 1.29 is 19.7 Å². The number of hydrogen-bond donors (Lipinski definition) is 3. The summed E-state index contributed by atoms with van der Waals surface area (Å²) >= 11 is 2.07. The average molecular weight is 412 g/mol. The smallest absolute Gasteiger partial charge is 0.271 e. The summed E-state index contributed by atoms with van der Waals surface area (Å²) in [4.78, 5) is 12.0. The Balaban J connectivity index is 2.06. The van der Waals surface area contributed by atoms with Gasteiger partial charge in [0.2, 0.25) is 0 Å². The van der Waals surface area contributed by atoms with Crippen LogP contribution in [-0.4, -0.2) is 29.4 Å². The Morgan fingerprint density at radius 2 is 2.05 bits per heavy atom. The van der Waals surface area contributed by atoms with Crippen molar-refractivity contribution in [2.45, 2.75) is 0 Å². The quantitative estimate of drug-likeness (QED) is 0.409. The van der Waals surface area contributed by atoms with Crippen LogP contribution in [-0.2, 0) is 0 Å². The number of amides is 1. The summed E-state index contributed by atoms with van der Waals surface area (Å²) in [6.07, 6.45) is 1.29. The number of carbonyl (C=O) groups excluding carboxylic acids is 1. The van der Waals surface area contributed by atoms with E-state index in [2.05, 4.69) is 33.1 Å². The first-order valence-corrected chi connectivity index (χ1v) is 7.28. The number of carbonyl (C=O) groups is 1. The molecule has 2 aromatic rings. The highest BCUT2D eigenvalue weighted by Crippen LogP contribution is 2.22. The number of ether oxygens (including phenoxy) is 1. The normalized spacial score (nSPS) is 10.6. The monoisotopic (exact) mass is 412 g/mol. The second-order valence-corrected chi connectivity index (χ2v) is 5.45. The summed E-state index contributed by atoms with van der Waals surface area (Å²) in [6, 6.07) is 9.10. The molecule has 0 aliphatic carbocycles. The minimum Gasteiger partial charge on any atom is -0.508 e. The molecule has 7 heteroatoms. The Kier molecular flexibility index (Phi) is 5.21. The lowest BCUT2D eigenvalue weighted by Gasteiger charge is -2.05. The van der Waals surface area contributed by atoms with Crippen molar-refractivity contribution in [2.75, 3.05) is 7.11 Å². The van der Waals surface area contributed by atoms with Gasteiger partial charge in [-0.3, -0.25) is 4.79 Å². The zero-order chi connectivity index (χ0) is 16.1. The van der Waals surface area contributed by atoms with Crippen molar-refractivity contribution in [1.29, 1.82) is 0 Å². The van der Waals surface area contributed by atoms with Gasteiger partial charge in [0.1, 0.15) is 17.2 Å². The van der Waals surface area contributed by atoms with Crippen LogP contribution >= 0.6 is 22.6 Å². The maximum atomic E-state index is 12.0. The lowest BCUT2D eigenvalue weighted by Crippen LogP contribution is -2.17. The number of phenols is 2. The minimum absolute atomic E-state index is 0.0495. The summed E-state index contributed by atoms with van der Waals surface area (Å²) in [5.41, 5.74) is 3.19. The molecule has 6 nitrogen and oxygen atoms in total. The van der Waals surface area contributed by atoms with Gasteiger partial charge < -0.3 is 14.9 Å². The number of rotatable bonds is 4. The zero-order valence-electron chi connectivity index (χ0n) is 11.6. The van der Waals surface area contributed by atoms with Crippen molar-refractivity contribution in [1.82, 2.24) is 5.43 Å². The Hall–Kier alpha value is -2.29. The minimum atomic E-state index is -0.380. The van der Waals surface area contributed by atoms with Crippen LogP contribution in [0.2, 0.25) is 0 Å². The highest BCUT2D eigenvalue weighted by Gasteiger charge is 2.08. The van der Waals surface area contributed by atoms with Crippen molar-refractivity contribution in [2.24, 2.45) is 5.10 Å². The molecule has 114 valence electrons. The third-order valence-corrected chi connectivity index (χ3v) is 3.64. The van der Waals surface area contributed by atoms with Crippen LogP contribution in [0.4, 0.5) is 0 Å². The van der Waals surface area contributed by atoms with Crippen molar-refractivity contribution in [3.8, 4) is 17.2 Å². The van der Waals surface area contributed by atoms with Crippen molar-refractivity contribution in [3.63, 3.8) is 0 Å². The van der Waals surface area contributed by atoms with E-state index in [9.17, 15) is 15.0 Å². The van der Waals surface area contributed by atoms with Crippen molar-refractivity contribution in [3.05, 3.63) is 51.1 Å². The number of methoxy groups -OCH3 is 1. The van der Waals surface area contributed by atoms with E-state index in [1.165, 1.54) is 24.4 Å². The number of nitrogens with one attached hydrogen (secondary N) is 1. The number of halogens is 1. The fourth-order valence-electron chi connectivity index (χ4n) is 1.67. The van der Waals surface area contributed by atoms with Gasteiger partial charge in [0.05, 0.1) is 16.9 Å².